The van der Waals surface area contributed by atoms with E-state index in [1.165, 1.54) is 6.33 Å². The van der Waals surface area contributed by atoms with Gasteiger partial charge in [-0.25, -0.2) is 9.97 Å². The van der Waals surface area contributed by atoms with Crippen LogP contribution >= 0.6 is 27.7 Å². The minimum atomic E-state index is -0.241. The van der Waals surface area contributed by atoms with Gasteiger partial charge in [-0.2, -0.15) is 0 Å². The number of fused-ring (bicyclic) bond motifs is 1. The Morgan fingerprint density at radius 1 is 1.25 bits per heavy atom. The highest BCUT2D eigenvalue weighted by Crippen LogP contribution is 2.25. The first-order valence-electron chi connectivity index (χ1n) is 7.12. The van der Waals surface area contributed by atoms with Gasteiger partial charge in [0.05, 0.1) is 10.9 Å². The summed E-state index contributed by atoms with van der Waals surface area (Å²) in [6.45, 7) is -0.123. The number of amides is 1. The van der Waals surface area contributed by atoms with Crippen molar-refractivity contribution in [3.05, 3.63) is 53.3 Å². The number of thioether (sulfide) groups is 1. The quantitative estimate of drug-likeness (QED) is 0.648. The lowest BCUT2D eigenvalue weighted by molar-refractivity contribution is -0.118. The molecule has 1 amide bonds. The molecule has 1 heterocycles. The Morgan fingerprint density at radius 3 is 2.96 bits per heavy atom. The first-order valence-corrected chi connectivity index (χ1v) is 9.14. The zero-order valence-corrected chi connectivity index (χ0v) is 15.2. The molecule has 0 atom stereocenters. The predicted octanol–water partition coefficient (Wildman–Crippen LogP) is 4.13. The van der Waals surface area contributed by atoms with Crippen LogP contribution in [0.2, 0.25) is 0 Å². The SMILES string of the molecule is CSc1cccc(NC(=O)COc2ncnc3ccc(Br)cc23)c1. The number of carbonyl (C=O) groups is 1. The van der Waals surface area contributed by atoms with Gasteiger partial charge in [0.2, 0.25) is 5.88 Å². The van der Waals surface area contributed by atoms with E-state index >= 15 is 0 Å². The maximum Gasteiger partial charge on any atom is 0.262 e. The molecule has 0 aliphatic heterocycles. The topological polar surface area (TPSA) is 64.1 Å². The van der Waals surface area contributed by atoms with E-state index in [0.717, 1.165) is 26.0 Å². The Kier molecular flexibility index (Phi) is 5.32. The van der Waals surface area contributed by atoms with Crippen LogP contribution in [0.25, 0.3) is 10.9 Å². The van der Waals surface area contributed by atoms with Gasteiger partial charge >= 0.3 is 0 Å². The van der Waals surface area contributed by atoms with Crippen molar-refractivity contribution in [2.45, 2.75) is 4.90 Å². The number of rotatable bonds is 5. The Hall–Kier alpha value is -2.12. The molecule has 24 heavy (non-hydrogen) atoms. The first-order chi connectivity index (χ1) is 11.7. The van der Waals surface area contributed by atoms with Crippen LogP contribution in [0.15, 0.2) is 58.2 Å². The summed E-state index contributed by atoms with van der Waals surface area (Å²) in [5.41, 5.74) is 1.50. The lowest BCUT2D eigenvalue weighted by Crippen LogP contribution is -2.20. The van der Waals surface area contributed by atoms with Gasteiger partial charge in [-0.05, 0) is 42.7 Å². The van der Waals surface area contributed by atoms with Crippen molar-refractivity contribution in [1.29, 1.82) is 0 Å². The predicted molar refractivity (Wildman–Crippen MR) is 99.6 cm³/mol. The number of anilines is 1. The molecule has 0 unspecified atom stereocenters. The van der Waals surface area contributed by atoms with Gasteiger partial charge in [0.15, 0.2) is 6.61 Å². The summed E-state index contributed by atoms with van der Waals surface area (Å²) in [7, 11) is 0. The Morgan fingerprint density at radius 2 is 2.12 bits per heavy atom. The van der Waals surface area contributed by atoms with Crippen molar-refractivity contribution in [3.8, 4) is 5.88 Å². The van der Waals surface area contributed by atoms with E-state index in [4.69, 9.17) is 4.74 Å². The van der Waals surface area contributed by atoms with Crippen molar-refractivity contribution >= 4 is 50.2 Å². The summed E-state index contributed by atoms with van der Waals surface area (Å²) in [5, 5.41) is 3.57. The summed E-state index contributed by atoms with van der Waals surface area (Å²) in [4.78, 5) is 21.5. The van der Waals surface area contributed by atoms with Gasteiger partial charge in [-0.3, -0.25) is 4.79 Å². The van der Waals surface area contributed by atoms with E-state index < -0.39 is 0 Å². The number of ether oxygens (including phenoxy) is 1. The minimum Gasteiger partial charge on any atom is -0.467 e. The molecule has 1 aromatic heterocycles. The van der Waals surface area contributed by atoms with Crippen LogP contribution in [-0.2, 0) is 4.79 Å². The Bertz CT molecular complexity index is 889. The van der Waals surface area contributed by atoms with Gasteiger partial charge in [0.25, 0.3) is 5.91 Å². The molecular weight excluding hydrogens is 390 g/mol. The van der Waals surface area contributed by atoms with E-state index in [9.17, 15) is 4.79 Å². The summed E-state index contributed by atoms with van der Waals surface area (Å²) in [6, 6.07) is 13.3. The number of hydrogen-bond donors (Lipinski definition) is 1. The second-order valence-corrected chi connectivity index (χ2v) is 6.70. The summed E-state index contributed by atoms with van der Waals surface area (Å²) >= 11 is 5.03. The van der Waals surface area contributed by atoms with Crippen molar-refractivity contribution in [2.75, 3.05) is 18.2 Å². The molecule has 2 aromatic carbocycles. The number of carbonyl (C=O) groups excluding carboxylic acids is 1. The smallest absolute Gasteiger partial charge is 0.262 e. The van der Waals surface area contributed by atoms with Crippen molar-refractivity contribution in [3.63, 3.8) is 0 Å². The number of aromatic nitrogens is 2. The monoisotopic (exact) mass is 403 g/mol. The molecular formula is C17H14BrN3O2S. The number of hydrogen-bond acceptors (Lipinski definition) is 5. The summed E-state index contributed by atoms with van der Waals surface area (Å²) in [6.07, 6.45) is 3.41. The lowest BCUT2D eigenvalue weighted by Gasteiger charge is -2.09. The fourth-order valence-electron chi connectivity index (χ4n) is 2.15. The van der Waals surface area contributed by atoms with Crippen LogP contribution in [0.5, 0.6) is 5.88 Å². The maximum absolute atomic E-state index is 12.1. The van der Waals surface area contributed by atoms with E-state index in [0.29, 0.717) is 5.88 Å². The fourth-order valence-corrected chi connectivity index (χ4v) is 2.97. The molecule has 0 saturated heterocycles. The number of halogens is 1. The molecule has 5 nitrogen and oxygen atoms in total. The van der Waals surface area contributed by atoms with Crippen LogP contribution in [0.3, 0.4) is 0 Å². The van der Waals surface area contributed by atoms with E-state index in [-0.39, 0.29) is 12.5 Å². The molecule has 0 spiro atoms. The van der Waals surface area contributed by atoms with Gasteiger partial charge in [-0.15, -0.1) is 11.8 Å². The average molecular weight is 404 g/mol. The van der Waals surface area contributed by atoms with E-state index in [1.54, 1.807) is 11.8 Å². The molecule has 0 radical (unpaired) electrons. The lowest BCUT2D eigenvalue weighted by atomic mass is 10.2. The van der Waals surface area contributed by atoms with Crippen LogP contribution in [-0.4, -0.2) is 28.7 Å². The zero-order valence-electron chi connectivity index (χ0n) is 12.8. The molecule has 0 bridgehead atoms. The van der Waals surface area contributed by atoms with E-state index in [2.05, 4.69) is 31.2 Å². The van der Waals surface area contributed by atoms with Crippen LogP contribution < -0.4 is 10.1 Å². The molecule has 0 aliphatic carbocycles. The van der Waals surface area contributed by atoms with Gasteiger partial charge in [0.1, 0.15) is 6.33 Å². The third-order valence-electron chi connectivity index (χ3n) is 3.25. The van der Waals surface area contributed by atoms with Crippen molar-refractivity contribution in [1.82, 2.24) is 9.97 Å². The second-order valence-electron chi connectivity index (χ2n) is 4.91. The van der Waals surface area contributed by atoms with Gasteiger partial charge in [-0.1, -0.05) is 22.0 Å². The van der Waals surface area contributed by atoms with Crippen LogP contribution in [0.1, 0.15) is 0 Å². The Balaban J connectivity index is 1.69. The first kappa shape index (κ1) is 16.7. The van der Waals surface area contributed by atoms with Crippen LogP contribution in [0, 0.1) is 0 Å². The molecule has 122 valence electrons. The molecule has 0 aliphatic rings. The largest absolute Gasteiger partial charge is 0.467 e. The van der Waals surface area contributed by atoms with Crippen molar-refractivity contribution < 1.29 is 9.53 Å². The normalized spacial score (nSPS) is 10.6. The number of nitrogens with one attached hydrogen (secondary N) is 1. The number of benzene rings is 2. The highest BCUT2D eigenvalue weighted by atomic mass is 79.9. The average Bonchev–Trinajstić information content (AvgIpc) is 2.60. The third-order valence-corrected chi connectivity index (χ3v) is 4.47. The minimum absolute atomic E-state index is 0.123. The maximum atomic E-state index is 12.1. The molecule has 0 fully saturated rings. The van der Waals surface area contributed by atoms with Gasteiger partial charge < -0.3 is 10.1 Å². The molecule has 1 N–H and O–H groups in total. The standard InChI is InChI=1S/C17H14BrN3O2S/c1-24-13-4-2-3-12(8-13)21-16(22)9-23-17-14-7-11(18)5-6-15(14)19-10-20-17/h2-8,10H,9H2,1H3,(H,21,22). The fraction of sp³-hybridized carbons (Fsp3) is 0.118. The van der Waals surface area contributed by atoms with Crippen molar-refractivity contribution in [2.24, 2.45) is 0 Å². The second kappa shape index (κ2) is 7.63. The Labute approximate surface area is 152 Å². The highest BCUT2D eigenvalue weighted by molar-refractivity contribution is 9.10. The molecule has 7 heteroatoms. The third kappa shape index (κ3) is 4.04. The number of nitrogens with zero attached hydrogens (tertiary/aromatic N) is 2. The summed E-state index contributed by atoms with van der Waals surface area (Å²) in [5.74, 6) is 0.143. The summed E-state index contributed by atoms with van der Waals surface area (Å²) < 4.78 is 6.47. The van der Waals surface area contributed by atoms with Gasteiger partial charge in [0, 0.05) is 15.1 Å². The zero-order chi connectivity index (χ0) is 16.9. The molecule has 3 aromatic rings. The molecule has 0 saturated carbocycles. The highest BCUT2D eigenvalue weighted by Gasteiger charge is 2.09. The molecule has 3 rings (SSSR count). The van der Waals surface area contributed by atoms with E-state index in [1.807, 2.05) is 48.7 Å². The van der Waals surface area contributed by atoms with Crippen LogP contribution in [0.4, 0.5) is 5.69 Å².